The molecule has 6 nitrogen and oxygen atoms in total. The smallest absolute Gasteiger partial charge is 0.355 e. The molecular formula is C11H9N3O3S. The molecule has 2 heterocycles. The molecule has 0 unspecified atom stereocenters. The second kappa shape index (κ2) is 4.92. The van der Waals surface area contributed by atoms with Crippen LogP contribution in [0.15, 0.2) is 23.7 Å². The SMILES string of the molecule is Cc1ccc(NC(=O)c2nc(C(=O)O)cs2)nc1. The molecule has 0 atom stereocenters. The van der Waals surface area contributed by atoms with Crippen LogP contribution in [0.5, 0.6) is 0 Å². The number of amides is 1. The molecule has 0 saturated heterocycles. The van der Waals surface area contributed by atoms with Crippen molar-refractivity contribution in [1.82, 2.24) is 9.97 Å². The molecule has 7 heteroatoms. The standard InChI is InChI=1S/C11H9N3O3S/c1-6-2-3-8(12-4-6)14-9(15)10-13-7(5-18-10)11(16)17/h2-5H,1H3,(H,16,17)(H,12,14,15). The van der Waals surface area contributed by atoms with E-state index in [0.29, 0.717) is 5.82 Å². The van der Waals surface area contributed by atoms with E-state index in [-0.39, 0.29) is 10.7 Å². The van der Waals surface area contributed by atoms with E-state index in [1.165, 1.54) is 5.38 Å². The lowest BCUT2D eigenvalue weighted by molar-refractivity contribution is 0.0691. The van der Waals surface area contributed by atoms with E-state index >= 15 is 0 Å². The molecule has 0 aromatic carbocycles. The van der Waals surface area contributed by atoms with Crippen LogP contribution in [0, 0.1) is 6.92 Å². The molecule has 0 aliphatic heterocycles. The van der Waals surface area contributed by atoms with Gasteiger partial charge >= 0.3 is 5.97 Å². The van der Waals surface area contributed by atoms with E-state index in [1.807, 2.05) is 13.0 Å². The summed E-state index contributed by atoms with van der Waals surface area (Å²) in [6.45, 7) is 1.89. The first kappa shape index (κ1) is 12.2. The Morgan fingerprint density at radius 2 is 2.17 bits per heavy atom. The van der Waals surface area contributed by atoms with Gasteiger partial charge in [0.1, 0.15) is 5.82 Å². The number of hydrogen-bond donors (Lipinski definition) is 2. The Morgan fingerprint density at radius 1 is 1.39 bits per heavy atom. The van der Waals surface area contributed by atoms with Gasteiger partial charge in [0, 0.05) is 11.6 Å². The molecule has 1 amide bonds. The second-order valence-corrected chi connectivity index (χ2v) is 4.38. The van der Waals surface area contributed by atoms with Crippen LogP contribution in [-0.4, -0.2) is 27.0 Å². The summed E-state index contributed by atoms with van der Waals surface area (Å²) >= 11 is 0.977. The summed E-state index contributed by atoms with van der Waals surface area (Å²) in [5.74, 6) is -1.22. The lowest BCUT2D eigenvalue weighted by atomic mass is 10.3. The number of aromatic carboxylic acids is 1. The molecule has 2 rings (SSSR count). The topological polar surface area (TPSA) is 92.2 Å². The van der Waals surface area contributed by atoms with Gasteiger partial charge in [-0.25, -0.2) is 14.8 Å². The lowest BCUT2D eigenvalue weighted by Crippen LogP contribution is -2.13. The Labute approximate surface area is 106 Å². The first-order valence-corrected chi connectivity index (χ1v) is 5.87. The lowest BCUT2D eigenvalue weighted by Gasteiger charge is -2.01. The van der Waals surface area contributed by atoms with E-state index in [2.05, 4.69) is 15.3 Å². The number of nitrogens with zero attached hydrogens (tertiary/aromatic N) is 2. The summed E-state index contributed by atoms with van der Waals surface area (Å²) in [4.78, 5) is 30.1. The van der Waals surface area contributed by atoms with Crippen molar-refractivity contribution in [3.63, 3.8) is 0 Å². The van der Waals surface area contributed by atoms with Crippen molar-refractivity contribution in [2.75, 3.05) is 5.32 Å². The first-order chi connectivity index (χ1) is 8.56. The number of anilines is 1. The van der Waals surface area contributed by atoms with Gasteiger partial charge in [0.15, 0.2) is 10.7 Å². The Bertz CT molecular complexity index is 592. The van der Waals surface area contributed by atoms with Crippen LogP contribution in [0.25, 0.3) is 0 Å². The number of carboxylic acid groups (broad SMARTS) is 1. The molecule has 0 bridgehead atoms. The molecule has 0 radical (unpaired) electrons. The molecule has 2 aromatic rings. The predicted octanol–water partition coefficient (Wildman–Crippen LogP) is 1.80. The maximum atomic E-state index is 11.7. The van der Waals surface area contributed by atoms with Crippen LogP contribution in [0.3, 0.4) is 0 Å². The summed E-state index contributed by atoms with van der Waals surface area (Å²) in [6, 6.07) is 3.48. The zero-order chi connectivity index (χ0) is 13.1. The summed E-state index contributed by atoms with van der Waals surface area (Å²) in [5, 5.41) is 12.7. The Hall–Kier alpha value is -2.28. The van der Waals surface area contributed by atoms with E-state index in [0.717, 1.165) is 16.9 Å². The fourth-order valence-corrected chi connectivity index (χ4v) is 1.87. The van der Waals surface area contributed by atoms with Crippen LogP contribution in [0.1, 0.15) is 25.9 Å². The predicted molar refractivity (Wildman–Crippen MR) is 66.0 cm³/mol. The van der Waals surface area contributed by atoms with Gasteiger partial charge in [-0.3, -0.25) is 4.79 Å². The maximum Gasteiger partial charge on any atom is 0.355 e. The normalized spacial score (nSPS) is 10.1. The monoisotopic (exact) mass is 263 g/mol. The van der Waals surface area contributed by atoms with Crippen molar-refractivity contribution in [2.45, 2.75) is 6.92 Å². The van der Waals surface area contributed by atoms with Gasteiger partial charge in [-0.2, -0.15) is 0 Å². The Balaban J connectivity index is 2.11. The second-order valence-electron chi connectivity index (χ2n) is 3.52. The fraction of sp³-hybridized carbons (Fsp3) is 0.0909. The number of carbonyl (C=O) groups is 2. The minimum Gasteiger partial charge on any atom is -0.476 e. The number of carboxylic acids is 1. The zero-order valence-electron chi connectivity index (χ0n) is 9.38. The Kier molecular flexibility index (Phi) is 3.33. The summed E-state index contributed by atoms with van der Waals surface area (Å²) in [6.07, 6.45) is 1.63. The maximum absolute atomic E-state index is 11.7. The summed E-state index contributed by atoms with van der Waals surface area (Å²) < 4.78 is 0. The first-order valence-electron chi connectivity index (χ1n) is 4.99. The van der Waals surface area contributed by atoms with Gasteiger partial charge in [-0.1, -0.05) is 6.07 Å². The Morgan fingerprint density at radius 3 is 2.72 bits per heavy atom. The number of aromatic nitrogens is 2. The molecule has 92 valence electrons. The number of nitrogens with one attached hydrogen (secondary N) is 1. The van der Waals surface area contributed by atoms with Crippen LogP contribution in [0.4, 0.5) is 5.82 Å². The van der Waals surface area contributed by atoms with Crippen molar-refractivity contribution < 1.29 is 14.7 Å². The molecule has 2 N–H and O–H groups in total. The quantitative estimate of drug-likeness (QED) is 0.880. The minimum atomic E-state index is -1.15. The molecule has 0 fully saturated rings. The number of carbonyl (C=O) groups excluding carboxylic acids is 1. The highest BCUT2D eigenvalue weighted by molar-refractivity contribution is 7.12. The van der Waals surface area contributed by atoms with Gasteiger partial charge in [-0.05, 0) is 18.6 Å². The van der Waals surface area contributed by atoms with Crippen LogP contribution in [0.2, 0.25) is 0 Å². The van der Waals surface area contributed by atoms with Crippen LogP contribution in [-0.2, 0) is 0 Å². The highest BCUT2D eigenvalue weighted by atomic mass is 32.1. The average molecular weight is 263 g/mol. The van der Waals surface area contributed by atoms with Crippen molar-refractivity contribution >= 4 is 29.0 Å². The summed E-state index contributed by atoms with van der Waals surface area (Å²) in [7, 11) is 0. The third kappa shape index (κ3) is 2.69. The molecular weight excluding hydrogens is 254 g/mol. The van der Waals surface area contributed by atoms with E-state index < -0.39 is 11.9 Å². The van der Waals surface area contributed by atoms with Gasteiger partial charge in [-0.15, -0.1) is 11.3 Å². The van der Waals surface area contributed by atoms with E-state index in [4.69, 9.17) is 5.11 Å². The van der Waals surface area contributed by atoms with Gasteiger partial charge in [0.05, 0.1) is 0 Å². The number of hydrogen-bond acceptors (Lipinski definition) is 5. The summed E-state index contributed by atoms with van der Waals surface area (Å²) in [5.41, 5.74) is 0.845. The molecule has 0 saturated carbocycles. The number of rotatable bonds is 3. The van der Waals surface area contributed by atoms with Crippen molar-refractivity contribution in [1.29, 1.82) is 0 Å². The van der Waals surface area contributed by atoms with Crippen molar-refractivity contribution in [3.8, 4) is 0 Å². The van der Waals surface area contributed by atoms with E-state index in [1.54, 1.807) is 12.3 Å². The number of aryl methyl sites for hydroxylation is 1. The molecule has 0 spiro atoms. The van der Waals surface area contributed by atoms with Crippen molar-refractivity contribution in [3.05, 3.63) is 40.0 Å². The van der Waals surface area contributed by atoms with Crippen molar-refractivity contribution in [2.24, 2.45) is 0 Å². The van der Waals surface area contributed by atoms with Gasteiger partial charge < -0.3 is 10.4 Å². The largest absolute Gasteiger partial charge is 0.476 e. The third-order valence-corrected chi connectivity index (χ3v) is 2.91. The van der Waals surface area contributed by atoms with E-state index in [9.17, 15) is 9.59 Å². The zero-order valence-corrected chi connectivity index (χ0v) is 10.2. The highest BCUT2D eigenvalue weighted by Crippen LogP contribution is 2.12. The highest BCUT2D eigenvalue weighted by Gasteiger charge is 2.14. The van der Waals surface area contributed by atoms with Crippen LogP contribution < -0.4 is 5.32 Å². The average Bonchev–Trinajstić information content (AvgIpc) is 2.81. The fourth-order valence-electron chi connectivity index (χ4n) is 1.19. The molecule has 0 aliphatic carbocycles. The molecule has 0 aliphatic rings. The van der Waals surface area contributed by atoms with Gasteiger partial charge in [0.2, 0.25) is 0 Å². The molecule has 18 heavy (non-hydrogen) atoms. The number of thiazole rings is 1. The molecule has 2 aromatic heterocycles. The number of pyridine rings is 1. The van der Waals surface area contributed by atoms with Crippen LogP contribution >= 0.6 is 11.3 Å². The third-order valence-electron chi connectivity index (χ3n) is 2.07. The van der Waals surface area contributed by atoms with Gasteiger partial charge in [0.25, 0.3) is 5.91 Å². The minimum absolute atomic E-state index is 0.0924.